The number of hydrogen-bond donors (Lipinski definition) is 2. The highest BCUT2D eigenvalue weighted by molar-refractivity contribution is 6.30. The number of hydrogen-bond acceptors (Lipinski definition) is 3. The number of aliphatic imine (C=N–C) groups is 1. The van der Waals surface area contributed by atoms with Crippen molar-refractivity contribution >= 4 is 17.6 Å². The third-order valence-electron chi connectivity index (χ3n) is 2.44. The van der Waals surface area contributed by atoms with Crippen molar-refractivity contribution in [2.75, 3.05) is 6.54 Å². The molecule has 1 atom stereocenters. The summed E-state index contributed by atoms with van der Waals surface area (Å²) in [5, 5.41) is 5.76. The molecule has 0 aromatic heterocycles. The molecule has 0 radical (unpaired) electrons. The number of nitrogens with one attached hydrogen (secondary N) is 2. The molecule has 0 fully saturated rings. The first kappa shape index (κ1) is 12.1. The van der Waals surface area contributed by atoms with Crippen molar-refractivity contribution in [3.05, 3.63) is 34.4 Å². The van der Waals surface area contributed by atoms with Gasteiger partial charge in [0.15, 0.2) is 5.96 Å². The van der Waals surface area contributed by atoms with Gasteiger partial charge in [0.2, 0.25) is 0 Å². The van der Waals surface area contributed by atoms with Gasteiger partial charge in [-0.25, -0.2) is 8.78 Å². The minimum absolute atomic E-state index is 0.165. The van der Waals surface area contributed by atoms with E-state index in [4.69, 9.17) is 11.6 Å². The summed E-state index contributed by atoms with van der Waals surface area (Å²) in [4.78, 5) is 4.15. The fourth-order valence-electron chi connectivity index (χ4n) is 1.54. The minimum atomic E-state index is -0.625. The second-order valence-corrected chi connectivity index (χ2v) is 4.35. The molecule has 3 nitrogen and oxygen atoms in total. The Morgan fingerprint density at radius 2 is 2.24 bits per heavy atom. The molecule has 92 valence electrons. The summed E-state index contributed by atoms with van der Waals surface area (Å²) in [7, 11) is 0. The first-order chi connectivity index (χ1) is 8.06. The molecule has 17 heavy (non-hydrogen) atoms. The Bertz CT molecular complexity index is 462. The van der Waals surface area contributed by atoms with E-state index in [1.807, 2.05) is 6.92 Å². The predicted octanol–water partition coefficient (Wildman–Crippen LogP) is 2.06. The number of rotatable bonds is 2. The van der Waals surface area contributed by atoms with Gasteiger partial charge in [-0.1, -0.05) is 11.6 Å². The van der Waals surface area contributed by atoms with Gasteiger partial charge in [-0.3, -0.25) is 4.99 Å². The zero-order valence-electron chi connectivity index (χ0n) is 9.23. The van der Waals surface area contributed by atoms with Crippen molar-refractivity contribution in [1.29, 1.82) is 0 Å². The zero-order valence-corrected chi connectivity index (χ0v) is 9.98. The van der Waals surface area contributed by atoms with E-state index < -0.39 is 11.6 Å². The Kier molecular flexibility index (Phi) is 3.47. The molecule has 2 N–H and O–H groups in total. The fraction of sp³-hybridized carbons (Fsp3) is 0.364. The van der Waals surface area contributed by atoms with Gasteiger partial charge in [0.05, 0.1) is 11.6 Å². The summed E-state index contributed by atoms with van der Waals surface area (Å²) in [5.41, 5.74) is 0.218. The molecular formula is C11H12ClF2N3. The van der Waals surface area contributed by atoms with Gasteiger partial charge in [-0.2, -0.15) is 0 Å². The summed E-state index contributed by atoms with van der Waals surface area (Å²) in [6, 6.07) is 2.33. The standard InChI is InChI=1S/C11H12ClF2N3/c1-6-4-15-11(17-6)16-5-7-2-10(14)8(12)3-9(7)13/h2-3,6H,4-5H2,1H3,(H2,15,16,17). The summed E-state index contributed by atoms with van der Waals surface area (Å²) in [5.74, 6) is -0.553. The molecule has 1 aromatic carbocycles. The van der Waals surface area contributed by atoms with Crippen molar-refractivity contribution in [1.82, 2.24) is 10.6 Å². The number of benzene rings is 1. The van der Waals surface area contributed by atoms with E-state index in [1.54, 1.807) is 0 Å². The first-order valence-electron chi connectivity index (χ1n) is 5.24. The van der Waals surface area contributed by atoms with Gasteiger partial charge in [0, 0.05) is 18.2 Å². The fourth-order valence-corrected chi connectivity index (χ4v) is 1.69. The maximum Gasteiger partial charge on any atom is 0.191 e. The quantitative estimate of drug-likeness (QED) is 0.798. The van der Waals surface area contributed by atoms with Crippen LogP contribution < -0.4 is 10.6 Å². The second-order valence-electron chi connectivity index (χ2n) is 3.95. The Morgan fingerprint density at radius 3 is 2.88 bits per heavy atom. The molecule has 0 saturated carbocycles. The van der Waals surface area contributed by atoms with Crippen molar-refractivity contribution in [2.45, 2.75) is 19.5 Å². The van der Waals surface area contributed by atoms with E-state index in [0.717, 1.165) is 12.1 Å². The lowest BCUT2D eigenvalue weighted by Gasteiger charge is -2.09. The van der Waals surface area contributed by atoms with Gasteiger partial charge in [-0.05, 0) is 19.1 Å². The lowest BCUT2D eigenvalue weighted by atomic mass is 10.2. The van der Waals surface area contributed by atoms with Crippen molar-refractivity contribution in [3.63, 3.8) is 0 Å². The van der Waals surface area contributed by atoms with Gasteiger partial charge >= 0.3 is 0 Å². The van der Waals surface area contributed by atoms with Crippen LogP contribution in [0.5, 0.6) is 0 Å². The molecule has 6 heteroatoms. The minimum Gasteiger partial charge on any atom is -0.352 e. The van der Waals surface area contributed by atoms with Crippen LogP contribution in [0.3, 0.4) is 0 Å². The summed E-state index contributed by atoms with van der Waals surface area (Å²) in [6.07, 6.45) is 0. The molecule has 0 spiro atoms. The highest BCUT2D eigenvalue weighted by Gasteiger charge is 2.13. The van der Waals surface area contributed by atoms with Crippen LogP contribution in [0.2, 0.25) is 5.02 Å². The molecule has 2 rings (SSSR count). The van der Waals surface area contributed by atoms with Crippen LogP contribution in [-0.2, 0) is 6.54 Å². The van der Waals surface area contributed by atoms with Crippen LogP contribution in [0.15, 0.2) is 17.1 Å². The van der Waals surface area contributed by atoms with Crippen molar-refractivity contribution in [3.8, 4) is 0 Å². The highest BCUT2D eigenvalue weighted by atomic mass is 35.5. The third-order valence-corrected chi connectivity index (χ3v) is 2.73. The average Bonchev–Trinajstić information content (AvgIpc) is 2.68. The molecule has 1 aromatic rings. The molecule has 0 bridgehead atoms. The summed E-state index contributed by atoms with van der Waals surface area (Å²) >= 11 is 5.46. The van der Waals surface area contributed by atoms with Crippen LogP contribution in [-0.4, -0.2) is 18.5 Å². The maximum absolute atomic E-state index is 13.4. The number of nitrogens with zero attached hydrogens (tertiary/aromatic N) is 1. The highest BCUT2D eigenvalue weighted by Crippen LogP contribution is 2.19. The summed E-state index contributed by atoms with van der Waals surface area (Å²) in [6.45, 7) is 2.83. The summed E-state index contributed by atoms with van der Waals surface area (Å²) < 4.78 is 26.6. The lowest BCUT2D eigenvalue weighted by Crippen LogP contribution is -2.37. The maximum atomic E-state index is 13.4. The van der Waals surface area contributed by atoms with Gasteiger partial charge < -0.3 is 10.6 Å². The molecular weight excluding hydrogens is 248 g/mol. The smallest absolute Gasteiger partial charge is 0.191 e. The molecule has 0 saturated heterocycles. The monoisotopic (exact) mass is 259 g/mol. The van der Waals surface area contributed by atoms with E-state index in [2.05, 4.69) is 15.6 Å². The van der Waals surface area contributed by atoms with Gasteiger partial charge in [-0.15, -0.1) is 0 Å². The third kappa shape index (κ3) is 2.85. The van der Waals surface area contributed by atoms with E-state index >= 15 is 0 Å². The molecule has 0 amide bonds. The number of halogens is 3. The van der Waals surface area contributed by atoms with E-state index in [0.29, 0.717) is 12.5 Å². The average molecular weight is 260 g/mol. The number of guanidine groups is 1. The zero-order chi connectivity index (χ0) is 12.4. The predicted molar refractivity (Wildman–Crippen MR) is 63.1 cm³/mol. The van der Waals surface area contributed by atoms with E-state index in [1.165, 1.54) is 0 Å². The normalized spacial score (nSPS) is 18.8. The molecule has 1 aliphatic heterocycles. The molecule has 0 aliphatic carbocycles. The Balaban J connectivity index is 2.02. The Hall–Kier alpha value is -1.36. The van der Waals surface area contributed by atoms with Gasteiger partial charge in [0.25, 0.3) is 0 Å². The molecule has 1 heterocycles. The lowest BCUT2D eigenvalue weighted by molar-refractivity contribution is 0.581. The largest absolute Gasteiger partial charge is 0.352 e. The Labute approximate surface area is 103 Å². The van der Waals surface area contributed by atoms with Crippen LogP contribution in [0.25, 0.3) is 0 Å². The van der Waals surface area contributed by atoms with Crippen LogP contribution in [0.1, 0.15) is 12.5 Å². The van der Waals surface area contributed by atoms with E-state index in [9.17, 15) is 8.78 Å². The van der Waals surface area contributed by atoms with Crippen LogP contribution in [0, 0.1) is 11.6 Å². The Morgan fingerprint density at radius 1 is 1.47 bits per heavy atom. The van der Waals surface area contributed by atoms with Crippen molar-refractivity contribution in [2.24, 2.45) is 4.99 Å². The topological polar surface area (TPSA) is 36.4 Å². The molecule has 1 aliphatic rings. The van der Waals surface area contributed by atoms with Gasteiger partial charge in [0.1, 0.15) is 11.6 Å². The second kappa shape index (κ2) is 4.87. The van der Waals surface area contributed by atoms with Crippen LogP contribution in [0.4, 0.5) is 8.78 Å². The first-order valence-corrected chi connectivity index (χ1v) is 5.62. The van der Waals surface area contributed by atoms with Crippen LogP contribution >= 0.6 is 11.6 Å². The molecule has 1 unspecified atom stereocenters. The van der Waals surface area contributed by atoms with Crippen molar-refractivity contribution < 1.29 is 8.78 Å². The van der Waals surface area contributed by atoms with E-state index in [-0.39, 0.29) is 23.2 Å². The SMILES string of the molecule is CC1CN=C(NCc2cc(F)c(Cl)cc2F)N1.